The fourth-order valence-corrected chi connectivity index (χ4v) is 6.84. The number of para-hydroxylation sites is 1. The second-order valence-electron chi connectivity index (χ2n) is 11.5. The standard InChI is InChI=1S/C40H35NO5/c1-4-28-14-23-37-35(26-28)34-12-8-9-13-36(34)41(37)39(42)24-25-45-38(39)27-46-40(29-10-6-5-7-11-29,30-15-19-32(43-2)20-16-30)31-17-21-33(44-3)22-18-31/h1,5-23,26,38,42H,24-25,27H2,2-3H3/t38-,39+/m1/s1. The van der Waals surface area contributed by atoms with Crippen molar-refractivity contribution in [3.8, 4) is 23.8 Å². The molecule has 7 rings (SSSR count). The molecule has 0 spiro atoms. The van der Waals surface area contributed by atoms with Crippen LogP contribution in [0.2, 0.25) is 0 Å². The summed E-state index contributed by atoms with van der Waals surface area (Å²) in [5.41, 5.74) is 2.90. The van der Waals surface area contributed by atoms with Gasteiger partial charge in [0.2, 0.25) is 0 Å². The molecule has 1 aliphatic rings. The fraction of sp³-hybridized carbons (Fsp3) is 0.200. The van der Waals surface area contributed by atoms with E-state index in [0.717, 1.165) is 55.6 Å². The second-order valence-corrected chi connectivity index (χ2v) is 11.5. The minimum absolute atomic E-state index is 0.0971. The van der Waals surface area contributed by atoms with E-state index < -0.39 is 17.4 Å². The van der Waals surface area contributed by atoms with Crippen LogP contribution in [0.4, 0.5) is 0 Å². The summed E-state index contributed by atoms with van der Waals surface area (Å²) in [5, 5.41) is 14.7. The SMILES string of the molecule is C#Cc1ccc2c(c1)c1ccccc1n2[C@]1(O)CCO[C@@H]1COC(c1ccccc1)(c1ccc(OC)cc1)c1ccc(OC)cc1. The highest BCUT2D eigenvalue weighted by Gasteiger charge is 2.48. The zero-order valence-electron chi connectivity index (χ0n) is 25.9. The Hall–Kier alpha value is -5.06. The number of hydrogen-bond donors (Lipinski definition) is 1. The van der Waals surface area contributed by atoms with Crippen molar-refractivity contribution in [1.82, 2.24) is 4.57 Å². The van der Waals surface area contributed by atoms with Gasteiger partial charge in [-0.25, -0.2) is 0 Å². The van der Waals surface area contributed by atoms with Crippen molar-refractivity contribution in [2.24, 2.45) is 0 Å². The zero-order valence-corrected chi connectivity index (χ0v) is 25.9. The molecule has 230 valence electrons. The van der Waals surface area contributed by atoms with Crippen LogP contribution in [0, 0.1) is 12.3 Å². The summed E-state index contributed by atoms with van der Waals surface area (Å²) in [4.78, 5) is 0. The second kappa shape index (κ2) is 12.0. The lowest BCUT2D eigenvalue weighted by atomic mass is 9.80. The molecule has 6 heteroatoms. The molecule has 1 N–H and O–H groups in total. The lowest BCUT2D eigenvalue weighted by Gasteiger charge is -2.39. The lowest BCUT2D eigenvalue weighted by Crippen LogP contribution is -2.46. The topological polar surface area (TPSA) is 62.1 Å². The lowest BCUT2D eigenvalue weighted by molar-refractivity contribution is -0.137. The average molecular weight is 610 g/mol. The molecule has 6 aromatic rings. The van der Waals surface area contributed by atoms with Crippen LogP contribution in [0.15, 0.2) is 121 Å². The normalized spacial score (nSPS) is 18.1. The molecule has 0 aliphatic carbocycles. The number of ether oxygens (including phenoxy) is 4. The van der Waals surface area contributed by atoms with Gasteiger partial charge in [-0.15, -0.1) is 6.42 Å². The predicted octanol–water partition coefficient (Wildman–Crippen LogP) is 7.24. The summed E-state index contributed by atoms with van der Waals surface area (Å²) in [5.74, 6) is 4.23. The number of aliphatic hydroxyl groups is 1. The first-order valence-electron chi connectivity index (χ1n) is 15.3. The molecule has 0 radical (unpaired) electrons. The summed E-state index contributed by atoms with van der Waals surface area (Å²) in [6.45, 7) is 0.476. The third kappa shape index (κ3) is 4.81. The number of aromatic nitrogens is 1. The van der Waals surface area contributed by atoms with Crippen molar-refractivity contribution in [2.45, 2.75) is 23.9 Å². The van der Waals surface area contributed by atoms with E-state index in [1.807, 2.05) is 108 Å². The molecule has 0 amide bonds. The van der Waals surface area contributed by atoms with Crippen molar-refractivity contribution in [3.63, 3.8) is 0 Å². The van der Waals surface area contributed by atoms with E-state index in [0.29, 0.717) is 13.0 Å². The molecular formula is C40H35NO5. The Morgan fingerprint density at radius 1 is 0.783 bits per heavy atom. The smallest absolute Gasteiger partial charge is 0.173 e. The van der Waals surface area contributed by atoms with Crippen molar-refractivity contribution in [2.75, 3.05) is 27.4 Å². The first kappa shape index (κ1) is 29.6. The van der Waals surface area contributed by atoms with E-state index in [9.17, 15) is 5.11 Å². The first-order chi connectivity index (χ1) is 22.5. The number of fused-ring (bicyclic) bond motifs is 3. The molecular weight excluding hydrogens is 574 g/mol. The van der Waals surface area contributed by atoms with Crippen molar-refractivity contribution in [3.05, 3.63) is 144 Å². The van der Waals surface area contributed by atoms with Crippen LogP contribution in [0.3, 0.4) is 0 Å². The third-order valence-electron chi connectivity index (χ3n) is 9.16. The summed E-state index contributed by atoms with van der Waals surface area (Å²) in [7, 11) is 3.30. The van der Waals surface area contributed by atoms with Gasteiger partial charge >= 0.3 is 0 Å². The van der Waals surface area contributed by atoms with Crippen molar-refractivity contribution >= 4 is 21.8 Å². The molecule has 1 saturated heterocycles. The first-order valence-corrected chi connectivity index (χ1v) is 15.3. The van der Waals surface area contributed by atoms with Crippen LogP contribution in [0.1, 0.15) is 28.7 Å². The van der Waals surface area contributed by atoms with Gasteiger partial charge in [-0.1, -0.05) is 78.7 Å². The van der Waals surface area contributed by atoms with Crippen molar-refractivity contribution in [1.29, 1.82) is 0 Å². The Bertz CT molecular complexity index is 1980. The summed E-state index contributed by atoms with van der Waals surface area (Å²) in [6.07, 6.45) is 5.48. The van der Waals surface area contributed by atoms with Crippen LogP contribution in [-0.4, -0.2) is 43.2 Å². The Morgan fingerprint density at radius 3 is 2.00 bits per heavy atom. The number of terminal acetylenes is 1. The van der Waals surface area contributed by atoms with Gasteiger partial charge in [0, 0.05) is 22.8 Å². The van der Waals surface area contributed by atoms with Crippen LogP contribution in [-0.2, 0) is 20.8 Å². The Labute approximate surface area is 268 Å². The van der Waals surface area contributed by atoms with Gasteiger partial charge < -0.3 is 28.6 Å². The Morgan fingerprint density at radius 2 is 1.37 bits per heavy atom. The van der Waals surface area contributed by atoms with E-state index >= 15 is 0 Å². The fourth-order valence-electron chi connectivity index (χ4n) is 6.84. The van der Waals surface area contributed by atoms with Crippen LogP contribution in [0.25, 0.3) is 21.8 Å². The Balaban J connectivity index is 1.36. The highest BCUT2D eigenvalue weighted by molar-refractivity contribution is 6.08. The maximum absolute atomic E-state index is 12.7. The number of benzene rings is 5. The highest BCUT2D eigenvalue weighted by atomic mass is 16.6. The molecule has 2 heterocycles. The zero-order chi connectivity index (χ0) is 31.7. The molecule has 6 nitrogen and oxygen atoms in total. The number of methoxy groups -OCH3 is 2. The largest absolute Gasteiger partial charge is 0.497 e. The maximum Gasteiger partial charge on any atom is 0.173 e. The molecule has 1 aromatic heterocycles. The van der Waals surface area contributed by atoms with E-state index in [2.05, 4.69) is 24.1 Å². The molecule has 46 heavy (non-hydrogen) atoms. The minimum Gasteiger partial charge on any atom is -0.497 e. The highest BCUT2D eigenvalue weighted by Crippen LogP contribution is 2.45. The molecule has 1 fully saturated rings. The van der Waals surface area contributed by atoms with Crippen molar-refractivity contribution < 1.29 is 24.1 Å². The van der Waals surface area contributed by atoms with E-state index in [-0.39, 0.29) is 6.61 Å². The Kier molecular flexibility index (Phi) is 7.75. The average Bonchev–Trinajstić information content (AvgIpc) is 3.66. The van der Waals surface area contributed by atoms with E-state index in [4.69, 9.17) is 25.4 Å². The molecule has 2 atom stereocenters. The summed E-state index contributed by atoms with van der Waals surface area (Å²) < 4.78 is 26.5. The van der Waals surface area contributed by atoms with Gasteiger partial charge in [0.15, 0.2) is 5.72 Å². The van der Waals surface area contributed by atoms with Gasteiger partial charge in [-0.05, 0) is 65.2 Å². The molecule has 0 bridgehead atoms. The van der Waals surface area contributed by atoms with Gasteiger partial charge in [0.05, 0.1) is 38.5 Å². The number of nitrogens with zero attached hydrogens (tertiary/aromatic N) is 1. The van der Waals surface area contributed by atoms with Crippen LogP contribution >= 0.6 is 0 Å². The minimum atomic E-state index is -1.39. The van der Waals surface area contributed by atoms with Gasteiger partial charge in [0.25, 0.3) is 0 Å². The number of hydrogen-bond acceptors (Lipinski definition) is 5. The quantitative estimate of drug-likeness (QED) is 0.138. The molecule has 0 unspecified atom stereocenters. The molecule has 1 aliphatic heterocycles. The predicted molar refractivity (Wildman–Crippen MR) is 180 cm³/mol. The van der Waals surface area contributed by atoms with Gasteiger partial charge in [-0.3, -0.25) is 0 Å². The van der Waals surface area contributed by atoms with Gasteiger partial charge in [-0.2, -0.15) is 0 Å². The van der Waals surface area contributed by atoms with Crippen LogP contribution in [0.5, 0.6) is 11.5 Å². The van der Waals surface area contributed by atoms with Crippen LogP contribution < -0.4 is 9.47 Å². The number of rotatable bonds is 9. The van der Waals surface area contributed by atoms with E-state index in [1.165, 1.54) is 0 Å². The molecule has 0 saturated carbocycles. The third-order valence-corrected chi connectivity index (χ3v) is 9.16. The monoisotopic (exact) mass is 609 g/mol. The summed E-state index contributed by atoms with van der Waals surface area (Å²) in [6, 6.07) is 39.9. The molecule has 5 aromatic carbocycles. The maximum atomic E-state index is 12.7. The van der Waals surface area contributed by atoms with E-state index in [1.54, 1.807) is 14.2 Å². The van der Waals surface area contributed by atoms with Gasteiger partial charge in [0.1, 0.15) is 23.2 Å². The summed E-state index contributed by atoms with van der Waals surface area (Å²) >= 11 is 0.